The lowest BCUT2D eigenvalue weighted by molar-refractivity contribution is -0.146. The van der Waals surface area contributed by atoms with Gasteiger partial charge in [0.2, 0.25) is 0 Å². The Bertz CT molecular complexity index is 861. The van der Waals surface area contributed by atoms with Crippen LogP contribution in [0.1, 0.15) is 26.3 Å². The second kappa shape index (κ2) is 11.7. The Morgan fingerprint density at radius 2 is 1.18 bits per heavy atom. The zero-order chi connectivity index (χ0) is 20.9. The molecule has 0 atom stereocenters. The second-order valence-electron chi connectivity index (χ2n) is 5.31. The fourth-order valence-corrected chi connectivity index (χ4v) is 1.93. The van der Waals surface area contributed by atoms with Gasteiger partial charge in [-0.25, -0.2) is 14.4 Å². The van der Waals surface area contributed by atoms with E-state index >= 15 is 0 Å². The van der Waals surface area contributed by atoms with E-state index in [1.165, 1.54) is 30.2 Å². The summed E-state index contributed by atoms with van der Waals surface area (Å²) in [5.41, 5.74) is 1.38. The summed E-state index contributed by atoms with van der Waals surface area (Å²) in [6, 6.07) is 14.4. The molecule has 0 saturated carbocycles. The van der Waals surface area contributed by atoms with Crippen LogP contribution in [0.4, 0.5) is 0 Å². The van der Waals surface area contributed by atoms with Gasteiger partial charge in [-0.3, -0.25) is 9.59 Å². The van der Waals surface area contributed by atoms with Gasteiger partial charge in [-0.2, -0.15) is 0 Å². The number of ketones is 2. The number of hydrogen-bond donors (Lipinski definition) is 0. The number of hydrogen-bond acceptors (Lipinski definition) is 7. The third-order valence-electron chi connectivity index (χ3n) is 3.27. The molecule has 7 nitrogen and oxygen atoms in total. The number of benzene rings is 2. The van der Waals surface area contributed by atoms with Crippen molar-refractivity contribution < 1.29 is 33.4 Å². The highest BCUT2D eigenvalue weighted by atomic mass is 16.6. The Morgan fingerprint density at radius 3 is 1.61 bits per heavy atom. The topological polar surface area (TPSA) is 104 Å². The first-order chi connectivity index (χ1) is 13.4. The largest absolute Gasteiger partial charge is 0.456 e. The summed E-state index contributed by atoms with van der Waals surface area (Å²) in [7, 11) is 0. The lowest BCUT2D eigenvalue weighted by Crippen LogP contribution is -2.23. The molecule has 0 aliphatic rings. The number of aryl methyl sites for hydroxylation is 1. The molecule has 0 spiro atoms. The van der Waals surface area contributed by atoms with Gasteiger partial charge in [-0.05, 0) is 13.5 Å². The first-order valence-electron chi connectivity index (χ1n) is 8.09. The smallest absolute Gasteiger partial charge is 0.379 e. The highest BCUT2D eigenvalue weighted by Gasteiger charge is 2.19. The summed E-state index contributed by atoms with van der Waals surface area (Å²) in [4.78, 5) is 55.4. The quantitative estimate of drug-likeness (QED) is 0.238. The van der Waals surface area contributed by atoms with E-state index in [1.54, 1.807) is 30.3 Å². The van der Waals surface area contributed by atoms with Crippen molar-refractivity contribution >= 4 is 29.4 Å². The van der Waals surface area contributed by atoms with Crippen LogP contribution < -0.4 is 0 Å². The Labute approximate surface area is 161 Å². The molecular formula is C21H18O7. The average molecular weight is 382 g/mol. The molecule has 0 aliphatic carbocycles. The minimum Gasteiger partial charge on any atom is -0.456 e. The van der Waals surface area contributed by atoms with Crippen LogP contribution in [0, 0.1) is 6.92 Å². The molecule has 7 heteroatoms. The van der Waals surface area contributed by atoms with Gasteiger partial charge in [0, 0.05) is 11.1 Å². The number of ether oxygens (including phenoxy) is 2. The fraction of sp³-hybridized carbons (Fsp3) is 0.143. The third-order valence-corrected chi connectivity index (χ3v) is 3.27. The lowest BCUT2D eigenvalue weighted by Gasteiger charge is -2.06. The summed E-state index contributed by atoms with van der Waals surface area (Å²) in [5.74, 6) is -2.42. The van der Waals surface area contributed by atoms with Crippen LogP contribution in [-0.2, 0) is 23.9 Å². The fourth-order valence-electron chi connectivity index (χ4n) is 1.93. The van der Waals surface area contributed by atoms with Crippen LogP contribution in [0.3, 0.4) is 0 Å². The molecule has 0 radical (unpaired) electrons. The Kier molecular flexibility index (Phi) is 9.30. The van der Waals surface area contributed by atoms with Gasteiger partial charge in [0.25, 0.3) is 11.6 Å². The maximum absolute atomic E-state index is 11.8. The van der Waals surface area contributed by atoms with Crippen molar-refractivity contribution in [1.82, 2.24) is 0 Å². The molecule has 144 valence electrons. The van der Waals surface area contributed by atoms with E-state index in [2.05, 4.69) is 6.58 Å². The zero-order valence-electron chi connectivity index (χ0n) is 15.2. The van der Waals surface area contributed by atoms with Crippen molar-refractivity contribution in [3.05, 3.63) is 77.9 Å². The molecule has 0 unspecified atom stereocenters. The summed E-state index contributed by atoms with van der Waals surface area (Å²) in [6.45, 7) is 3.91. The van der Waals surface area contributed by atoms with Gasteiger partial charge in [-0.1, -0.05) is 60.2 Å². The summed E-state index contributed by atoms with van der Waals surface area (Å²) in [6.07, 6.45) is 0. The van der Waals surface area contributed by atoms with Gasteiger partial charge >= 0.3 is 11.9 Å². The minimum atomic E-state index is -1.05. The molecule has 2 aromatic rings. The van der Waals surface area contributed by atoms with Crippen molar-refractivity contribution in [3.63, 3.8) is 0 Å². The Balaban J connectivity index is 0.00000122. The molecule has 0 aromatic heterocycles. The van der Waals surface area contributed by atoms with Gasteiger partial charge in [-0.15, -0.1) is 0 Å². The van der Waals surface area contributed by atoms with Crippen molar-refractivity contribution in [1.29, 1.82) is 0 Å². The minimum absolute atomic E-state index is 0.207. The predicted molar refractivity (Wildman–Crippen MR) is 99.5 cm³/mol. The second-order valence-corrected chi connectivity index (χ2v) is 5.31. The van der Waals surface area contributed by atoms with Gasteiger partial charge in [0.15, 0.2) is 0 Å². The molecule has 28 heavy (non-hydrogen) atoms. The Morgan fingerprint density at radius 1 is 0.786 bits per heavy atom. The van der Waals surface area contributed by atoms with E-state index in [4.69, 9.17) is 14.3 Å². The number of rotatable bonds is 7. The average Bonchev–Trinajstić information content (AvgIpc) is 2.71. The molecule has 0 aliphatic heterocycles. The summed E-state index contributed by atoms with van der Waals surface area (Å²) in [5, 5.41) is 0. The van der Waals surface area contributed by atoms with E-state index in [0.717, 1.165) is 5.56 Å². The van der Waals surface area contributed by atoms with Crippen molar-refractivity contribution in [2.24, 2.45) is 0 Å². The summed E-state index contributed by atoms with van der Waals surface area (Å²) < 4.78 is 9.48. The monoisotopic (exact) mass is 382 g/mol. The van der Waals surface area contributed by atoms with Gasteiger partial charge in [0.05, 0.1) is 0 Å². The number of Topliss-reactive ketones (excluding diaryl/α,β-unsaturated/α-hetero) is 2. The first kappa shape index (κ1) is 22.2. The Hall–Kier alpha value is -3.83. The molecular weight excluding hydrogens is 364 g/mol. The molecule has 2 aromatic carbocycles. The highest BCUT2D eigenvalue weighted by molar-refractivity contribution is 6.41. The molecule has 0 amide bonds. The normalized spacial score (nSPS) is 9.18. The summed E-state index contributed by atoms with van der Waals surface area (Å²) >= 11 is 0. The van der Waals surface area contributed by atoms with E-state index < -0.39 is 23.5 Å². The van der Waals surface area contributed by atoms with Crippen molar-refractivity contribution in [2.75, 3.05) is 13.2 Å². The van der Waals surface area contributed by atoms with Crippen LogP contribution in [0.5, 0.6) is 0 Å². The van der Waals surface area contributed by atoms with E-state index in [1.807, 2.05) is 6.92 Å². The van der Waals surface area contributed by atoms with Gasteiger partial charge in [0.1, 0.15) is 19.2 Å². The van der Waals surface area contributed by atoms with E-state index in [-0.39, 0.29) is 24.3 Å². The van der Waals surface area contributed by atoms with E-state index in [0.29, 0.717) is 0 Å². The van der Waals surface area contributed by atoms with Gasteiger partial charge < -0.3 is 9.47 Å². The molecule has 0 saturated heterocycles. The SMILES string of the molecule is C=C=O.Cc1ccc(C(=O)C(=O)OCCOC(=O)C(=O)c2ccccc2)cc1. The van der Waals surface area contributed by atoms with Crippen LogP contribution in [-0.4, -0.2) is 42.7 Å². The number of carbonyl (C=O) groups is 4. The van der Waals surface area contributed by atoms with Crippen LogP contribution >= 0.6 is 0 Å². The number of esters is 2. The molecule has 2 rings (SSSR count). The standard InChI is InChI=1S/C19H16O6.C2H2O/c1-13-7-9-15(10-8-13)17(21)19(23)25-12-11-24-18(22)16(20)14-5-3-2-4-6-14;1-2-3/h2-10H,11-12H2,1H3;1H2. The molecule has 0 fully saturated rings. The maximum atomic E-state index is 11.8. The highest BCUT2D eigenvalue weighted by Crippen LogP contribution is 2.05. The maximum Gasteiger partial charge on any atom is 0.379 e. The van der Waals surface area contributed by atoms with Crippen molar-refractivity contribution in [3.8, 4) is 0 Å². The van der Waals surface area contributed by atoms with Crippen LogP contribution in [0.2, 0.25) is 0 Å². The molecule has 0 heterocycles. The predicted octanol–water partition coefficient (Wildman–Crippen LogP) is 2.15. The first-order valence-corrected chi connectivity index (χ1v) is 8.09. The number of carbonyl (C=O) groups excluding carboxylic acids is 5. The van der Waals surface area contributed by atoms with Crippen molar-refractivity contribution in [2.45, 2.75) is 6.92 Å². The lowest BCUT2D eigenvalue weighted by atomic mass is 10.1. The van der Waals surface area contributed by atoms with Crippen LogP contribution in [0.15, 0.2) is 61.2 Å². The van der Waals surface area contributed by atoms with Crippen LogP contribution in [0.25, 0.3) is 0 Å². The zero-order valence-corrected chi connectivity index (χ0v) is 15.2. The van der Waals surface area contributed by atoms with E-state index in [9.17, 15) is 19.2 Å². The molecule has 0 bridgehead atoms. The third kappa shape index (κ3) is 7.19. The molecule has 0 N–H and O–H groups in total.